The highest BCUT2D eigenvalue weighted by Gasteiger charge is 2.33. The largest absolute Gasteiger partial charge is 0.478 e. The predicted molar refractivity (Wildman–Crippen MR) is 177 cm³/mol. The molecule has 8 N–H and O–H groups in total. The molecular weight excluding hydrogens is 536 g/mol. The second kappa shape index (κ2) is 14.4. The monoisotopic (exact) mass is 582 g/mol. The molecule has 1 aliphatic heterocycles. The second-order valence-corrected chi connectivity index (χ2v) is 12.0. The Morgan fingerprint density at radius 2 is 1.95 bits per heavy atom. The Hall–Kier alpha value is -4.04. The van der Waals surface area contributed by atoms with Crippen LogP contribution in [0.5, 0.6) is 0 Å². The quantitative estimate of drug-likeness (QED) is 0.126. The highest BCUT2D eigenvalue weighted by molar-refractivity contribution is 5.87. The number of anilines is 1. The molecule has 1 aliphatic carbocycles. The molecule has 0 bridgehead atoms. The molecule has 2 heterocycles. The number of aliphatic carboxylic acids is 1. The summed E-state index contributed by atoms with van der Waals surface area (Å²) in [5.41, 5.74) is 16.0. The first-order chi connectivity index (χ1) is 20.9. The summed E-state index contributed by atoms with van der Waals surface area (Å²) < 4.78 is 0. The molecule has 228 valence electrons. The van der Waals surface area contributed by atoms with Gasteiger partial charge in [0.25, 0.3) is 0 Å². The van der Waals surface area contributed by atoms with Crippen molar-refractivity contribution in [3.63, 3.8) is 0 Å². The van der Waals surface area contributed by atoms with Crippen LogP contribution in [0.1, 0.15) is 75.3 Å². The van der Waals surface area contributed by atoms with Crippen molar-refractivity contribution in [2.45, 2.75) is 82.3 Å². The number of carboxylic acid groups (broad SMARTS) is 1. The van der Waals surface area contributed by atoms with Gasteiger partial charge in [-0.1, -0.05) is 68.7 Å². The van der Waals surface area contributed by atoms with E-state index in [1.165, 1.54) is 40.8 Å². The molecule has 5 rings (SSSR count). The van der Waals surface area contributed by atoms with Crippen LogP contribution < -0.4 is 22.1 Å². The summed E-state index contributed by atoms with van der Waals surface area (Å²) in [6, 6.07) is 16.9. The lowest BCUT2D eigenvalue weighted by molar-refractivity contribution is -0.131. The van der Waals surface area contributed by atoms with Gasteiger partial charge in [-0.15, -0.1) is 0 Å². The number of unbranched alkanes of at least 4 members (excludes halogenated alkanes) is 1. The molecule has 8 heteroatoms. The molecule has 1 aromatic heterocycles. The fraction of sp³-hybridized carbons (Fsp3) is 0.429. The van der Waals surface area contributed by atoms with Crippen molar-refractivity contribution >= 4 is 34.6 Å². The van der Waals surface area contributed by atoms with Gasteiger partial charge < -0.3 is 32.2 Å². The van der Waals surface area contributed by atoms with Crippen LogP contribution in [-0.4, -0.2) is 46.7 Å². The number of H-pyrrole nitrogens is 1. The lowest BCUT2D eigenvalue weighted by atomic mass is 9.72. The molecule has 0 saturated heterocycles. The number of nitrogens with zero attached hydrogens (tertiary/aromatic N) is 1. The van der Waals surface area contributed by atoms with E-state index in [4.69, 9.17) is 11.5 Å². The molecule has 2 aromatic carbocycles. The number of nitrogens with two attached hydrogens (primary N) is 2. The first-order valence-electron chi connectivity index (χ1n) is 15.8. The number of aromatic amines is 1. The zero-order valence-electron chi connectivity index (χ0n) is 25.1. The predicted octanol–water partition coefficient (Wildman–Crippen LogP) is 6.14. The third kappa shape index (κ3) is 7.87. The van der Waals surface area contributed by atoms with Crippen molar-refractivity contribution in [3.8, 4) is 0 Å². The minimum atomic E-state index is -0.968. The van der Waals surface area contributed by atoms with E-state index in [1.54, 1.807) is 0 Å². The van der Waals surface area contributed by atoms with Crippen molar-refractivity contribution in [1.82, 2.24) is 10.3 Å². The van der Waals surface area contributed by atoms with Crippen LogP contribution in [0.25, 0.3) is 16.8 Å². The van der Waals surface area contributed by atoms with Gasteiger partial charge in [-0.05, 0) is 89.6 Å². The number of fused-ring (bicyclic) bond motifs is 2. The van der Waals surface area contributed by atoms with E-state index in [2.05, 4.69) is 76.1 Å². The van der Waals surface area contributed by atoms with E-state index in [0.717, 1.165) is 43.5 Å². The number of rotatable bonds is 14. The Morgan fingerprint density at radius 3 is 2.67 bits per heavy atom. The van der Waals surface area contributed by atoms with Crippen molar-refractivity contribution in [1.29, 1.82) is 0 Å². The van der Waals surface area contributed by atoms with Crippen LogP contribution in [0.15, 0.2) is 77.4 Å². The smallest absolute Gasteiger partial charge is 0.328 e. The maximum absolute atomic E-state index is 12.1. The highest BCUT2D eigenvalue weighted by Crippen LogP contribution is 2.42. The average molecular weight is 583 g/mol. The average Bonchev–Trinajstić information content (AvgIpc) is 3.51. The first kappa shape index (κ1) is 30.4. The Labute approximate surface area is 254 Å². The van der Waals surface area contributed by atoms with Gasteiger partial charge in [-0.2, -0.15) is 0 Å². The Bertz CT molecular complexity index is 1460. The number of carboxylic acids is 1. The van der Waals surface area contributed by atoms with Gasteiger partial charge >= 0.3 is 5.97 Å². The number of hydrogen-bond donors (Lipinski definition) is 6. The molecular formula is C35H46N6O2. The van der Waals surface area contributed by atoms with Crippen molar-refractivity contribution in [2.75, 3.05) is 11.9 Å². The lowest BCUT2D eigenvalue weighted by Crippen LogP contribution is -2.48. The number of nitrogens with one attached hydrogen (secondary N) is 3. The van der Waals surface area contributed by atoms with E-state index in [0.29, 0.717) is 18.9 Å². The molecule has 0 radical (unpaired) electrons. The van der Waals surface area contributed by atoms with Crippen LogP contribution in [0.2, 0.25) is 0 Å². The Balaban J connectivity index is 1.47. The topological polar surface area (TPSA) is 142 Å². The molecule has 0 spiro atoms. The summed E-state index contributed by atoms with van der Waals surface area (Å²) >= 11 is 0. The Kier molecular flexibility index (Phi) is 10.2. The normalized spacial score (nSPS) is 21.5. The van der Waals surface area contributed by atoms with Gasteiger partial charge in [0.1, 0.15) is 5.82 Å². The molecule has 0 saturated carbocycles. The molecule has 0 fully saturated rings. The van der Waals surface area contributed by atoms with Crippen LogP contribution in [0.4, 0.5) is 5.82 Å². The van der Waals surface area contributed by atoms with Gasteiger partial charge in [0.2, 0.25) is 0 Å². The number of aromatic nitrogens is 1. The van der Waals surface area contributed by atoms with Gasteiger partial charge in [-0.25, -0.2) is 4.79 Å². The summed E-state index contributed by atoms with van der Waals surface area (Å²) in [5, 5.41) is 19.3. The molecule has 5 atom stereocenters. The maximum atomic E-state index is 12.1. The summed E-state index contributed by atoms with van der Waals surface area (Å²) in [7, 11) is 0. The molecule has 5 unspecified atom stereocenters. The first-order valence-corrected chi connectivity index (χ1v) is 15.8. The maximum Gasteiger partial charge on any atom is 0.328 e. The SMILES string of the molecule is CCCCC(N)CCCC1c2cc3ccccc3cc2C=CC1CC(Nc1ccc[nH]1)C(=CC(=O)O)C1CCN=C(N)N1. The zero-order valence-corrected chi connectivity index (χ0v) is 25.1. The number of hydrogen-bond acceptors (Lipinski definition) is 6. The van der Waals surface area contributed by atoms with Crippen molar-refractivity contribution in [2.24, 2.45) is 22.4 Å². The van der Waals surface area contributed by atoms with Gasteiger partial charge in [-0.3, -0.25) is 4.99 Å². The lowest BCUT2D eigenvalue weighted by Gasteiger charge is -2.36. The Morgan fingerprint density at radius 1 is 1.16 bits per heavy atom. The molecule has 0 amide bonds. The molecule has 3 aromatic rings. The van der Waals surface area contributed by atoms with Gasteiger partial charge in [0, 0.05) is 24.9 Å². The minimum absolute atomic E-state index is 0.194. The molecule has 8 nitrogen and oxygen atoms in total. The second-order valence-electron chi connectivity index (χ2n) is 12.0. The molecule has 43 heavy (non-hydrogen) atoms. The number of aliphatic imine (C=N–C) groups is 1. The third-order valence-corrected chi connectivity index (χ3v) is 8.96. The van der Waals surface area contributed by atoms with Gasteiger partial charge in [0.05, 0.1) is 12.1 Å². The fourth-order valence-corrected chi connectivity index (χ4v) is 6.76. The van der Waals surface area contributed by atoms with E-state index in [-0.39, 0.29) is 30.0 Å². The summed E-state index contributed by atoms with van der Waals surface area (Å²) in [4.78, 5) is 19.7. The van der Waals surface area contributed by atoms with E-state index in [9.17, 15) is 9.90 Å². The van der Waals surface area contributed by atoms with Crippen LogP contribution in [-0.2, 0) is 4.79 Å². The minimum Gasteiger partial charge on any atom is -0.478 e. The van der Waals surface area contributed by atoms with Gasteiger partial charge in [0.15, 0.2) is 5.96 Å². The van der Waals surface area contributed by atoms with Crippen LogP contribution >= 0.6 is 0 Å². The standard InChI is InChI=1S/C35H46N6O2/c1-2-3-10-27(36)11-6-12-28-26(15-14-25-19-23-8-4-5-9-24(23)20-29(25)28)21-32(40-33-13-7-17-38-33)30(22-34(42)43)31-16-18-39-35(37)41-31/h4-5,7-9,13-15,17,19-20,22,26-28,31-32,38,40H,2-3,6,10-12,16,18,21,36H2,1H3,(H,42,43)(H3,37,39,41). The summed E-state index contributed by atoms with van der Waals surface area (Å²) in [6.45, 7) is 2.77. The number of guanidine groups is 1. The third-order valence-electron chi connectivity index (χ3n) is 8.96. The summed E-state index contributed by atoms with van der Waals surface area (Å²) in [6.07, 6.45) is 15.7. The fourth-order valence-electron chi connectivity index (χ4n) is 6.76. The number of allylic oxidation sites excluding steroid dienone is 1. The van der Waals surface area contributed by atoms with Crippen LogP contribution in [0.3, 0.4) is 0 Å². The molecule has 2 aliphatic rings. The van der Waals surface area contributed by atoms with E-state index in [1.807, 2.05) is 18.3 Å². The van der Waals surface area contributed by atoms with Crippen molar-refractivity contribution in [3.05, 3.63) is 83.6 Å². The van der Waals surface area contributed by atoms with E-state index >= 15 is 0 Å². The number of benzene rings is 2. The van der Waals surface area contributed by atoms with Crippen molar-refractivity contribution < 1.29 is 9.90 Å². The highest BCUT2D eigenvalue weighted by atomic mass is 16.4. The number of carbonyl (C=O) groups is 1. The summed E-state index contributed by atoms with van der Waals surface area (Å²) in [5.74, 6) is 0.711. The van der Waals surface area contributed by atoms with E-state index < -0.39 is 5.97 Å². The zero-order chi connectivity index (χ0) is 30.2. The van der Waals surface area contributed by atoms with Crippen LogP contribution in [0, 0.1) is 5.92 Å².